The summed E-state index contributed by atoms with van der Waals surface area (Å²) in [6.45, 7) is 10.8. The lowest BCUT2D eigenvalue weighted by molar-refractivity contribution is 0.580. The second-order valence-electron chi connectivity index (χ2n) is 4.12. The van der Waals surface area contributed by atoms with Crippen LogP contribution in [0.4, 0.5) is 0 Å². The molecular formula is C10H21N. The van der Waals surface area contributed by atoms with E-state index >= 15 is 0 Å². The van der Waals surface area contributed by atoms with E-state index in [1.165, 1.54) is 18.6 Å². The van der Waals surface area contributed by atoms with Gasteiger partial charge in [0.1, 0.15) is 0 Å². The van der Waals surface area contributed by atoms with Crippen LogP contribution in [0.1, 0.15) is 53.9 Å². The van der Waals surface area contributed by atoms with E-state index in [2.05, 4.69) is 39.6 Å². The molecule has 0 heterocycles. The molecule has 0 aromatic rings. The molecule has 0 saturated carbocycles. The average Bonchev–Trinajstić information content (AvgIpc) is 1.79. The lowest BCUT2D eigenvalue weighted by atomic mass is 10.1. The van der Waals surface area contributed by atoms with E-state index in [0.717, 1.165) is 6.42 Å². The molecule has 0 fully saturated rings. The zero-order chi connectivity index (χ0) is 8.91. The van der Waals surface area contributed by atoms with Crippen LogP contribution in [0.2, 0.25) is 0 Å². The summed E-state index contributed by atoms with van der Waals surface area (Å²) in [6, 6.07) is 0. The molecule has 1 heteroatoms. The number of nitrogens with zero attached hydrogens (tertiary/aromatic N) is 1. The van der Waals surface area contributed by atoms with Crippen LogP contribution in [0, 0.1) is 0 Å². The lowest BCUT2D eigenvalue weighted by Gasteiger charge is -2.13. The van der Waals surface area contributed by atoms with Crippen LogP contribution in [0.3, 0.4) is 0 Å². The summed E-state index contributed by atoms with van der Waals surface area (Å²) in [6.07, 6.45) is 3.69. The fourth-order valence-electron chi connectivity index (χ4n) is 1.06. The van der Waals surface area contributed by atoms with E-state index in [0.29, 0.717) is 0 Å². The van der Waals surface area contributed by atoms with Crippen LogP contribution < -0.4 is 0 Å². The molecule has 0 radical (unpaired) electrons. The van der Waals surface area contributed by atoms with Crippen LogP contribution >= 0.6 is 0 Å². The standard InChI is InChI=1S/C10H21N/c1-6-7-8-9(2)11-10(3,4)5/h6-8H2,1-5H3. The summed E-state index contributed by atoms with van der Waals surface area (Å²) in [5.41, 5.74) is 1.40. The second-order valence-corrected chi connectivity index (χ2v) is 4.12. The average molecular weight is 155 g/mol. The fraction of sp³-hybridized carbons (Fsp3) is 0.900. The fourth-order valence-corrected chi connectivity index (χ4v) is 1.06. The predicted octanol–water partition coefficient (Wildman–Crippen LogP) is 3.44. The molecule has 0 amide bonds. The summed E-state index contributed by atoms with van der Waals surface area (Å²) >= 11 is 0. The number of hydrogen-bond acceptors (Lipinski definition) is 1. The molecule has 1 nitrogen and oxygen atoms in total. The van der Waals surface area contributed by atoms with Gasteiger partial charge in [0.25, 0.3) is 0 Å². The molecule has 0 bridgehead atoms. The SMILES string of the molecule is CCCCC(C)=NC(C)(C)C. The Hall–Kier alpha value is -0.330. The molecule has 0 aliphatic heterocycles. The second kappa shape index (κ2) is 4.53. The van der Waals surface area contributed by atoms with Crippen molar-refractivity contribution in [1.82, 2.24) is 0 Å². The van der Waals surface area contributed by atoms with Gasteiger partial charge in [-0.2, -0.15) is 0 Å². The van der Waals surface area contributed by atoms with Crippen LogP contribution in [0.15, 0.2) is 4.99 Å². The summed E-state index contributed by atoms with van der Waals surface area (Å²) in [5, 5.41) is 0. The Morgan fingerprint density at radius 3 is 2.18 bits per heavy atom. The molecule has 0 saturated heterocycles. The third-order valence-electron chi connectivity index (χ3n) is 1.42. The summed E-state index contributed by atoms with van der Waals surface area (Å²) in [5.74, 6) is 0. The van der Waals surface area contributed by atoms with Gasteiger partial charge in [0.15, 0.2) is 0 Å². The molecule has 11 heavy (non-hydrogen) atoms. The largest absolute Gasteiger partial charge is 0.289 e. The maximum absolute atomic E-state index is 4.56. The maximum Gasteiger partial charge on any atom is 0.0523 e. The van der Waals surface area contributed by atoms with Crippen molar-refractivity contribution in [3.63, 3.8) is 0 Å². The van der Waals surface area contributed by atoms with Crippen molar-refractivity contribution in [3.05, 3.63) is 0 Å². The first-order valence-corrected chi connectivity index (χ1v) is 4.51. The molecule has 0 rings (SSSR count). The topological polar surface area (TPSA) is 12.4 Å². The summed E-state index contributed by atoms with van der Waals surface area (Å²) in [7, 11) is 0. The Morgan fingerprint density at radius 1 is 1.27 bits per heavy atom. The minimum absolute atomic E-state index is 0.109. The van der Waals surface area contributed by atoms with Gasteiger partial charge in [0.05, 0.1) is 5.54 Å². The Balaban J connectivity index is 3.81. The predicted molar refractivity (Wildman–Crippen MR) is 52.4 cm³/mol. The monoisotopic (exact) mass is 155 g/mol. The molecule has 0 aromatic carbocycles. The molecular weight excluding hydrogens is 134 g/mol. The van der Waals surface area contributed by atoms with E-state index in [1.54, 1.807) is 0 Å². The first kappa shape index (κ1) is 10.7. The smallest absolute Gasteiger partial charge is 0.0523 e. The lowest BCUT2D eigenvalue weighted by Crippen LogP contribution is -2.12. The third-order valence-corrected chi connectivity index (χ3v) is 1.42. The molecule has 0 spiro atoms. The van der Waals surface area contributed by atoms with E-state index in [4.69, 9.17) is 0 Å². The van der Waals surface area contributed by atoms with Crippen LogP contribution in [0.25, 0.3) is 0 Å². The van der Waals surface area contributed by atoms with Gasteiger partial charge < -0.3 is 0 Å². The van der Waals surface area contributed by atoms with Gasteiger partial charge in [-0.15, -0.1) is 0 Å². The van der Waals surface area contributed by atoms with Crippen LogP contribution in [-0.4, -0.2) is 11.3 Å². The first-order chi connectivity index (χ1) is 4.95. The minimum atomic E-state index is 0.109. The van der Waals surface area contributed by atoms with Crippen molar-refractivity contribution in [3.8, 4) is 0 Å². The van der Waals surface area contributed by atoms with Crippen LogP contribution in [0.5, 0.6) is 0 Å². The highest BCUT2D eigenvalue weighted by Gasteiger charge is 2.06. The molecule has 0 unspecified atom stereocenters. The highest BCUT2D eigenvalue weighted by atomic mass is 14.8. The first-order valence-electron chi connectivity index (χ1n) is 4.51. The van der Waals surface area contributed by atoms with Gasteiger partial charge in [-0.1, -0.05) is 13.3 Å². The number of rotatable bonds is 3. The van der Waals surface area contributed by atoms with Crippen molar-refractivity contribution in [2.24, 2.45) is 4.99 Å². The highest BCUT2D eigenvalue weighted by molar-refractivity contribution is 5.82. The summed E-state index contributed by atoms with van der Waals surface area (Å²) in [4.78, 5) is 4.56. The quantitative estimate of drug-likeness (QED) is 0.554. The number of aliphatic imine (C=N–C) groups is 1. The number of hydrogen-bond donors (Lipinski definition) is 0. The van der Waals surface area contributed by atoms with Crippen molar-refractivity contribution < 1.29 is 0 Å². The zero-order valence-electron chi connectivity index (χ0n) is 8.57. The van der Waals surface area contributed by atoms with Gasteiger partial charge in [0.2, 0.25) is 0 Å². The number of unbranched alkanes of at least 4 members (excludes halogenated alkanes) is 1. The normalized spacial score (nSPS) is 13.7. The van der Waals surface area contributed by atoms with Crippen molar-refractivity contribution in [1.29, 1.82) is 0 Å². The Morgan fingerprint density at radius 2 is 1.82 bits per heavy atom. The maximum atomic E-state index is 4.56. The van der Waals surface area contributed by atoms with Crippen LogP contribution in [-0.2, 0) is 0 Å². The molecule has 0 aliphatic rings. The molecule has 0 N–H and O–H groups in total. The molecule has 66 valence electrons. The minimum Gasteiger partial charge on any atom is -0.289 e. The third kappa shape index (κ3) is 7.57. The van der Waals surface area contributed by atoms with Gasteiger partial charge >= 0.3 is 0 Å². The molecule has 0 atom stereocenters. The van der Waals surface area contributed by atoms with Gasteiger partial charge in [-0.3, -0.25) is 4.99 Å². The molecule has 0 aromatic heterocycles. The van der Waals surface area contributed by atoms with Crippen molar-refractivity contribution >= 4 is 5.71 Å². The Bertz CT molecular complexity index is 128. The van der Waals surface area contributed by atoms with Gasteiger partial charge in [0, 0.05) is 5.71 Å². The van der Waals surface area contributed by atoms with E-state index in [9.17, 15) is 0 Å². The Kier molecular flexibility index (Phi) is 4.39. The van der Waals surface area contributed by atoms with Crippen molar-refractivity contribution in [2.45, 2.75) is 59.4 Å². The van der Waals surface area contributed by atoms with E-state index < -0.39 is 0 Å². The van der Waals surface area contributed by atoms with Gasteiger partial charge in [-0.05, 0) is 40.5 Å². The van der Waals surface area contributed by atoms with Crippen molar-refractivity contribution in [2.75, 3.05) is 0 Å². The van der Waals surface area contributed by atoms with E-state index in [-0.39, 0.29) is 5.54 Å². The summed E-state index contributed by atoms with van der Waals surface area (Å²) < 4.78 is 0. The van der Waals surface area contributed by atoms with E-state index in [1.807, 2.05) is 0 Å². The highest BCUT2D eigenvalue weighted by Crippen LogP contribution is 2.08. The Labute approximate surface area is 70.9 Å². The van der Waals surface area contributed by atoms with Gasteiger partial charge in [-0.25, -0.2) is 0 Å². The molecule has 0 aliphatic carbocycles. The zero-order valence-corrected chi connectivity index (χ0v) is 8.57.